The normalized spacial score (nSPS) is 13.7. The third kappa shape index (κ3) is 6.20. The molecule has 7 nitrogen and oxygen atoms in total. The summed E-state index contributed by atoms with van der Waals surface area (Å²) >= 11 is 0. The number of likely N-dealkylation sites (tertiary alicyclic amines) is 1. The number of rotatable bonds is 8. The predicted octanol–water partition coefficient (Wildman–Crippen LogP) is 5.84. The summed E-state index contributed by atoms with van der Waals surface area (Å²) < 4.78 is 10.6. The van der Waals surface area contributed by atoms with Gasteiger partial charge in [0.2, 0.25) is 5.91 Å². The number of hydrogen-bond donors (Lipinski definition) is 1. The number of benzene rings is 3. The van der Waals surface area contributed by atoms with Crippen LogP contribution < -0.4 is 14.8 Å². The number of pyridine rings is 1. The van der Waals surface area contributed by atoms with E-state index in [2.05, 4.69) is 22.4 Å². The molecule has 0 bridgehead atoms. The Morgan fingerprint density at radius 2 is 1.67 bits per heavy atom. The molecule has 5 rings (SSSR count). The summed E-state index contributed by atoms with van der Waals surface area (Å²) in [7, 11) is 3.21. The lowest BCUT2D eigenvalue weighted by Crippen LogP contribution is -2.37. The van der Waals surface area contributed by atoms with Gasteiger partial charge >= 0.3 is 0 Å². The Morgan fingerprint density at radius 3 is 2.41 bits per heavy atom. The highest BCUT2D eigenvalue weighted by atomic mass is 16.5. The molecule has 2 heterocycles. The van der Waals surface area contributed by atoms with Crippen molar-refractivity contribution in [1.82, 2.24) is 9.88 Å². The first kappa shape index (κ1) is 26.2. The molecule has 2 amide bonds. The van der Waals surface area contributed by atoms with Gasteiger partial charge in [0.15, 0.2) is 11.5 Å². The molecule has 0 radical (unpaired) electrons. The number of nitrogens with one attached hydrogen (secondary N) is 1. The second kappa shape index (κ2) is 12.0. The zero-order valence-electron chi connectivity index (χ0n) is 22.4. The number of fused-ring (bicyclic) bond motifs is 1. The first-order chi connectivity index (χ1) is 19.0. The first-order valence-corrected chi connectivity index (χ1v) is 13.3. The predicted molar refractivity (Wildman–Crippen MR) is 153 cm³/mol. The second-order valence-corrected chi connectivity index (χ2v) is 9.86. The van der Waals surface area contributed by atoms with Gasteiger partial charge in [-0.2, -0.15) is 0 Å². The van der Waals surface area contributed by atoms with Crippen LogP contribution in [0.1, 0.15) is 46.7 Å². The van der Waals surface area contributed by atoms with Crippen LogP contribution in [0.4, 0.5) is 5.69 Å². The number of aryl methyl sites for hydroxylation is 1. The summed E-state index contributed by atoms with van der Waals surface area (Å²) in [6, 6.07) is 21.5. The molecule has 3 aromatic carbocycles. The lowest BCUT2D eigenvalue weighted by molar-refractivity contribution is -0.116. The second-order valence-electron chi connectivity index (χ2n) is 9.86. The molecule has 200 valence electrons. The fourth-order valence-corrected chi connectivity index (χ4v) is 5.17. The number of hydrogen-bond acceptors (Lipinski definition) is 5. The number of amides is 2. The number of carbonyl (C=O) groups is 2. The molecule has 39 heavy (non-hydrogen) atoms. The van der Waals surface area contributed by atoms with Gasteiger partial charge in [0, 0.05) is 48.5 Å². The third-order valence-corrected chi connectivity index (χ3v) is 7.42. The summed E-state index contributed by atoms with van der Waals surface area (Å²) in [6.07, 6.45) is 6.38. The van der Waals surface area contributed by atoms with Crippen molar-refractivity contribution in [2.45, 2.75) is 31.6 Å². The Morgan fingerprint density at radius 1 is 0.897 bits per heavy atom. The van der Waals surface area contributed by atoms with E-state index in [1.54, 1.807) is 20.4 Å². The van der Waals surface area contributed by atoms with Crippen LogP contribution in [0.15, 0.2) is 79.1 Å². The number of nitrogens with zero attached hydrogens (tertiary/aromatic N) is 2. The minimum Gasteiger partial charge on any atom is -0.493 e. The quantitative estimate of drug-likeness (QED) is 0.314. The first-order valence-electron chi connectivity index (χ1n) is 13.3. The maximum absolute atomic E-state index is 13.1. The number of methoxy groups -OCH3 is 2. The van der Waals surface area contributed by atoms with E-state index < -0.39 is 0 Å². The van der Waals surface area contributed by atoms with Gasteiger partial charge in [-0.25, -0.2) is 0 Å². The van der Waals surface area contributed by atoms with Crippen LogP contribution in [0.3, 0.4) is 0 Å². The highest BCUT2D eigenvalue weighted by molar-refractivity contribution is 5.98. The largest absolute Gasteiger partial charge is 0.493 e. The van der Waals surface area contributed by atoms with Crippen molar-refractivity contribution in [3.05, 3.63) is 95.8 Å². The summed E-state index contributed by atoms with van der Waals surface area (Å²) in [5, 5.41) is 5.05. The molecule has 0 aliphatic carbocycles. The summed E-state index contributed by atoms with van der Waals surface area (Å²) in [5.74, 6) is 1.78. The standard InChI is InChI=1S/C32H33N3O4/c1-38-29-11-3-22(19-30(29)39-2)4-12-31(36)34-28-9-7-23(8-10-28)24-14-17-35(18-15-24)32(37)26-5-6-27-21-33-16-13-25(27)20-26/h3,5-11,13,16,19-21,24H,4,12,14-15,17-18H2,1-2H3,(H,34,36). The van der Waals surface area contributed by atoms with Gasteiger partial charge < -0.3 is 19.7 Å². The number of carbonyl (C=O) groups excluding carboxylic acids is 2. The molecule has 1 saturated heterocycles. The molecule has 1 aliphatic rings. The van der Waals surface area contributed by atoms with Gasteiger partial charge in [0.05, 0.1) is 14.2 Å². The monoisotopic (exact) mass is 523 g/mol. The fraction of sp³-hybridized carbons (Fsp3) is 0.281. The van der Waals surface area contributed by atoms with Crippen LogP contribution in [0.25, 0.3) is 10.8 Å². The third-order valence-electron chi connectivity index (χ3n) is 7.42. The molecule has 1 aromatic heterocycles. The maximum atomic E-state index is 13.1. The van der Waals surface area contributed by atoms with Gasteiger partial charge in [0.1, 0.15) is 0 Å². The van der Waals surface area contributed by atoms with Gasteiger partial charge in [0.25, 0.3) is 5.91 Å². The summed E-state index contributed by atoms with van der Waals surface area (Å²) in [5.41, 5.74) is 3.76. The highest BCUT2D eigenvalue weighted by Gasteiger charge is 2.24. The van der Waals surface area contributed by atoms with Crippen LogP contribution in [-0.4, -0.2) is 49.0 Å². The van der Waals surface area contributed by atoms with Gasteiger partial charge in [-0.3, -0.25) is 14.6 Å². The van der Waals surface area contributed by atoms with Crippen molar-refractivity contribution in [3.63, 3.8) is 0 Å². The Labute approximate surface area is 228 Å². The van der Waals surface area contributed by atoms with Crippen molar-refractivity contribution in [3.8, 4) is 11.5 Å². The Kier molecular flexibility index (Phi) is 8.06. The van der Waals surface area contributed by atoms with Crippen molar-refractivity contribution >= 4 is 28.3 Å². The van der Waals surface area contributed by atoms with Gasteiger partial charge in [-0.1, -0.05) is 24.3 Å². The molecule has 4 aromatic rings. The zero-order chi connectivity index (χ0) is 27.2. The molecular weight excluding hydrogens is 490 g/mol. The molecule has 7 heteroatoms. The molecule has 0 atom stereocenters. The van der Waals surface area contributed by atoms with E-state index in [-0.39, 0.29) is 11.8 Å². The number of aromatic nitrogens is 1. The molecule has 1 fully saturated rings. The van der Waals surface area contributed by atoms with Crippen LogP contribution in [0.2, 0.25) is 0 Å². The van der Waals surface area contributed by atoms with E-state index in [0.29, 0.717) is 30.3 Å². The Hall–Kier alpha value is -4.39. The molecule has 0 unspecified atom stereocenters. The molecule has 0 spiro atoms. The van der Waals surface area contributed by atoms with Crippen molar-refractivity contribution in [2.75, 3.05) is 32.6 Å². The SMILES string of the molecule is COc1ccc(CCC(=O)Nc2ccc(C3CCN(C(=O)c4ccc5cnccc5c4)CC3)cc2)cc1OC. The average molecular weight is 524 g/mol. The van der Waals surface area contributed by atoms with E-state index in [1.807, 2.05) is 65.7 Å². The smallest absolute Gasteiger partial charge is 0.253 e. The van der Waals surface area contributed by atoms with Crippen molar-refractivity contribution in [2.24, 2.45) is 0 Å². The van der Waals surface area contributed by atoms with Crippen LogP contribution in [0, 0.1) is 0 Å². The molecule has 1 N–H and O–H groups in total. The number of piperidine rings is 1. The van der Waals surface area contributed by atoms with Gasteiger partial charge in [-0.05, 0) is 84.2 Å². The van der Waals surface area contributed by atoms with Gasteiger partial charge in [-0.15, -0.1) is 0 Å². The van der Waals surface area contributed by atoms with Crippen LogP contribution in [0.5, 0.6) is 11.5 Å². The summed E-state index contributed by atoms with van der Waals surface area (Å²) in [4.78, 5) is 31.7. The Bertz CT molecular complexity index is 1460. The number of anilines is 1. The highest BCUT2D eigenvalue weighted by Crippen LogP contribution is 2.30. The zero-order valence-corrected chi connectivity index (χ0v) is 22.4. The van der Waals surface area contributed by atoms with E-state index in [0.717, 1.165) is 53.5 Å². The number of ether oxygens (including phenoxy) is 2. The van der Waals surface area contributed by atoms with Crippen LogP contribution in [-0.2, 0) is 11.2 Å². The lowest BCUT2D eigenvalue weighted by atomic mass is 9.89. The molecule has 0 saturated carbocycles. The van der Waals surface area contributed by atoms with E-state index >= 15 is 0 Å². The lowest BCUT2D eigenvalue weighted by Gasteiger charge is -2.32. The van der Waals surface area contributed by atoms with Crippen LogP contribution >= 0.6 is 0 Å². The topological polar surface area (TPSA) is 80.8 Å². The van der Waals surface area contributed by atoms with E-state index in [4.69, 9.17) is 9.47 Å². The van der Waals surface area contributed by atoms with Crippen molar-refractivity contribution < 1.29 is 19.1 Å². The molecule has 1 aliphatic heterocycles. The fourth-order valence-electron chi connectivity index (χ4n) is 5.17. The minimum absolute atomic E-state index is 0.0330. The van der Waals surface area contributed by atoms with E-state index in [1.165, 1.54) is 5.56 Å². The van der Waals surface area contributed by atoms with E-state index in [9.17, 15) is 9.59 Å². The Balaban J connectivity index is 1.11. The minimum atomic E-state index is -0.0330. The van der Waals surface area contributed by atoms with Crippen molar-refractivity contribution in [1.29, 1.82) is 0 Å². The maximum Gasteiger partial charge on any atom is 0.253 e. The summed E-state index contributed by atoms with van der Waals surface area (Å²) in [6.45, 7) is 1.46. The average Bonchev–Trinajstić information content (AvgIpc) is 2.99. The molecular formula is C32H33N3O4.